The van der Waals surface area contributed by atoms with E-state index in [0.29, 0.717) is 17.9 Å². The fourth-order valence-corrected chi connectivity index (χ4v) is 2.95. The molecule has 0 saturated heterocycles. The van der Waals surface area contributed by atoms with Crippen molar-refractivity contribution in [1.29, 1.82) is 0 Å². The van der Waals surface area contributed by atoms with E-state index in [1.54, 1.807) is 23.1 Å². The number of amides is 1. The van der Waals surface area contributed by atoms with Crippen molar-refractivity contribution in [2.75, 3.05) is 18.6 Å². The second-order valence-corrected chi connectivity index (χ2v) is 5.90. The fraction of sp³-hybridized carbons (Fsp3) is 0.389. The van der Waals surface area contributed by atoms with Gasteiger partial charge in [0, 0.05) is 12.0 Å². The average molecular weight is 344 g/mol. The van der Waals surface area contributed by atoms with Crippen molar-refractivity contribution in [1.82, 2.24) is 5.16 Å². The Morgan fingerprint density at radius 3 is 2.76 bits per heavy atom. The zero-order valence-electron chi connectivity index (χ0n) is 14.4. The van der Waals surface area contributed by atoms with Crippen LogP contribution in [-0.4, -0.2) is 36.8 Å². The number of para-hydroxylation sites is 2. The molecule has 7 heteroatoms. The Bertz CT molecular complexity index is 779. The van der Waals surface area contributed by atoms with Crippen LogP contribution < -0.4 is 9.64 Å². The van der Waals surface area contributed by atoms with Crippen molar-refractivity contribution in [3.8, 4) is 5.75 Å². The van der Waals surface area contributed by atoms with Gasteiger partial charge < -0.3 is 18.9 Å². The number of carbonyl (C=O) groups excluding carboxylic acids is 2. The summed E-state index contributed by atoms with van der Waals surface area (Å²) in [7, 11) is 1.30. The highest BCUT2D eigenvalue weighted by Crippen LogP contribution is 2.34. The van der Waals surface area contributed by atoms with Gasteiger partial charge in [-0.05, 0) is 32.4 Å². The number of ether oxygens (including phenoxy) is 2. The summed E-state index contributed by atoms with van der Waals surface area (Å²) in [5, 5.41) is 3.91. The summed E-state index contributed by atoms with van der Waals surface area (Å²) in [6.45, 7) is 3.81. The lowest BCUT2D eigenvalue weighted by atomic mass is 10.1. The van der Waals surface area contributed by atoms with E-state index in [-0.39, 0.29) is 18.9 Å². The highest BCUT2D eigenvalue weighted by Gasteiger charge is 2.34. The molecule has 0 fully saturated rings. The molecule has 0 N–H and O–H groups in total. The van der Waals surface area contributed by atoms with Crippen molar-refractivity contribution >= 4 is 17.6 Å². The van der Waals surface area contributed by atoms with Gasteiger partial charge in [0.2, 0.25) is 12.0 Å². The summed E-state index contributed by atoms with van der Waals surface area (Å²) in [5.41, 5.74) is 2.39. The molecule has 2 heterocycles. The number of anilines is 1. The Morgan fingerprint density at radius 1 is 1.32 bits per heavy atom. The fourth-order valence-electron chi connectivity index (χ4n) is 2.95. The van der Waals surface area contributed by atoms with Crippen molar-refractivity contribution < 1.29 is 23.6 Å². The Kier molecular flexibility index (Phi) is 4.74. The molecule has 1 aliphatic rings. The minimum Gasteiger partial charge on any atom is -0.475 e. The molecule has 0 unspecified atom stereocenters. The lowest BCUT2D eigenvalue weighted by Crippen LogP contribution is -2.47. The highest BCUT2D eigenvalue weighted by atomic mass is 16.6. The molecule has 1 atom stereocenters. The van der Waals surface area contributed by atoms with Gasteiger partial charge in [0.05, 0.1) is 25.0 Å². The van der Waals surface area contributed by atoms with Crippen LogP contribution in [0.2, 0.25) is 0 Å². The van der Waals surface area contributed by atoms with Gasteiger partial charge in [0.15, 0.2) is 0 Å². The number of rotatable bonds is 4. The molecule has 0 radical (unpaired) electrons. The van der Waals surface area contributed by atoms with Gasteiger partial charge in [-0.2, -0.15) is 0 Å². The largest absolute Gasteiger partial charge is 0.475 e. The second kappa shape index (κ2) is 6.96. The molecule has 1 aromatic heterocycles. The molecule has 3 rings (SSSR count). The summed E-state index contributed by atoms with van der Waals surface area (Å²) in [6.07, 6.45) is -0.0176. The lowest BCUT2D eigenvalue weighted by molar-refractivity contribution is -0.148. The maximum Gasteiger partial charge on any atom is 0.348 e. The number of benzene rings is 1. The van der Waals surface area contributed by atoms with Crippen molar-refractivity contribution in [2.45, 2.75) is 32.8 Å². The summed E-state index contributed by atoms with van der Waals surface area (Å²) in [6, 6.07) is 7.16. The van der Waals surface area contributed by atoms with E-state index >= 15 is 0 Å². The number of nitrogens with zero attached hydrogens (tertiary/aromatic N) is 2. The maximum atomic E-state index is 12.8. The average Bonchev–Trinajstić information content (AvgIpc) is 2.95. The molecular formula is C18H20N2O5. The lowest BCUT2D eigenvalue weighted by Gasteiger charge is -2.33. The molecule has 0 aliphatic carbocycles. The van der Waals surface area contributed by atoms with Gasteiger partial charge >= 0.3 is 5.97 Å². The highest BCUT2D eigenvalue weighted by molar-refractivity contribution is 5.96. The van der Waals surface area contributed by atoms with E-state index in [4.69, 9.17) is 14.0 Å². The molecule has 25 heavy (non-hydrogen) atoms. The van der Waals surface area contributed by atoms with Crippen LogP contribution in [0.3, 0.4) is 0 Å². The van der Waals surface area contributed by atoms with Crippen LogP contribution in [0.4, 0.5) is 5.69 Å². The zero-order valence-corrected chi connectivity index (χ0v) is 14.4. The first-order chi connectivity index (χ1) is 12.0. The molecule has 0 saturated carbocycles. The first-order valence-corrected chi connectivity index (χ1v) is 8.07. The number of aryl methyl sites for hydroxylation is 2. The summed E-state index contributed by atoms with van der Waals surface area (Å²) in [5.74, 6) is 0.623. The van der Waals surface area contributed by atoms with Gasteiger partial charge in [0.25, 0.3) is 0 Å². The number of fused-ring (bicyclic) bond motifs is 1. The molecule has 1 amide bonds. The van der Waals surface area contributed by atoms with E-state index in [2.05, 4.69) is 5.16 Å². The van der Waals surface area contributed by atoms with E-state index in [0.717, 1.165) is 17.0 Å². The number of hydrogen-bond acceptors (Lipinski definition) is 6. The van der Waals surface area contributed by atoms with Gasteiger partial charge in [-0.3, -0.25) is 4.79 Å². The van der Waals surface area contributed by atoms with Crippen LogP contribution in [0.5, 0.6) is 5.75 Å². The van der Waals surface area contributed by atoms with Crippen molar-refractivity contribution in [3.05, 3.63) is 41.3 Å². The van der Waals surface area contributed by atoms with Crippen molar-refractivity contribution in [2.24, 2.45) is 0 Å². The third-order valence-corrected chi connectivity index (χ3v) is 4.31. The number of esters is 1. The molecule has 1 aromatic carbocycles. The molecule has 0 spiro atoms. The van der Waals surface area contributed by atoms with Crippen molar-refractivity contribution in [3.63, 3.8) is 0 Å². The standard InChI is InChI=1S/C18H20N2O5/c1-11-13(12(2)25-19-11)8-9-17(21)20-10-16(18(22)23-3)24-15-7-5-4-6-14(15)20/h4-7,16H,8-10H2,1-3H3/t16-/m0/s1. The first-order valence-electron chi connectivity index (χ1n) is 8.07. The molecule has 7 nitrogen and oxygen atoms in total. The predicted octanol–water partition coefficient (Wildman–Crippen LogP) is 2.19. The first kappa shape index (κ1) is 17.0. The Morgan fingerprint density at radius 2 is 2.08 bits per heavy atom. The molecular weight excluding hydrogens is 324 g/mol. The topological polar surface area (TPSA) is 81.9 Å². The second-order valence-electron chi connectivity index (χ2n) is 5.90. The van der Waals surface area contributed by atoms with E-state index in [1.807, 2.05) is 19.9 Å². The zero-order chi connectivity index (χ0) is 18.0. The van der Waals surface area contributed by atoms with E-state index in [1.165, 1.54) is 7.11 Å². The Labute approximate surface area is 145 Å². The van der Waals surface area contributed by atoms with Gasteiger partial charge in [0.1, 0.15) is 11.5 Å². The number of hydrogen-bond donors (Lipinski definition) is 0. The SMILES string of the molecule is COC(=O)[C@@H]1CN(C(=O)CCc2c(C)noc2C)c2ccccc2O1. The smallest absolute Gasteiger partial charge is 0.348 e. The predicted molar refractivity (Wildman–Crippen MR) is 89.5 cm³/mol. The monoisotopic (exact) mass is 344 g/mol. The van der Waals surface area contributed by atoms with Crippen LogP contribution in [0.1, 0.15) is 23.4 Å². The van der Waals surface area contributed by atoms with E-state index < -0.39 is 12.1 Å². The molecule has 1 aliphatic heterocycles. The minimum atomic E-state index is -0.831. The van der Waals surface area contributed by atoms with Crippen LogP contribution in [-0.2, 0) is 20.7 Å². The van der Waals surface area contributed by atoms with Crippen LogP contribution in [0, 0.1) is 13.8 Å². The summed E-state index contributed by atoms with van der Waals surface area (Å²) < 4.78 is 15.6. The third kappa shape index (κ3) is 3.35. The number of methoxy groups -OCH3 is 1. The quantitative estimate of drug-likeness (QED) is 0.791. The Balaban J connectivity index is 1.79. The van der Waals surface area contributed by atoms with Crippen LogP contribution in [0.25, 0.3) is 0 Å². The minimum absolute atomic E-state index is 0.0929. The normalized spacial score (nSPS) is 16.1. The van der Waals surface area contributed by atoms with E-state index in [9.17, 15) is 9.59 Å². The number of aromatic nitrogens is 1. The Hall–Kier alpha value is -2.83. The van der Waals surface area contributed by atoms with Crippen LogP contribution >= 0.6 is 0 Å². The number of carbonyl (C=O) groups is 2. The van der Waals surface area contributed by atoms with Crippen LogP contribution in [0.15, 0.2) is 28.8 Å². The maximum absolute atomic E-state index is 12.8. The molecule has 132 valence electrons. The van der Waals surface area contributed by atoms with Gasteiger partial charge in [-0.1, -0.05) is 17.3 Å². The molecule has 0 bridgehead atoms. The van der Waals surface area contributed by atoms with Gasteiger partial charge in [-0.15, -0.1) is 0 Å². The molecule has 2 aromatic rings. The summed E-state index contributed by atoms with van der Waals surface area (Å²) in [4.78, 5) is 26.3. The third-order valence-electron chi connectivity index (χ3n) is 4.31. The van der Waals surface area contributed by atoms with Gasteiger partial charge in [-0.25, -0.2) is 4.79 Å². The summed E-state index contributed by atoms with van der Waals surface area (Å²) >= 11 is 0.